The molecule has 2 unspecified atom stereocenters. The van der Waals surface area contributed by atoms with E-state index in [4.69, 9.17) is 0 Å². The summed E-state index contributed by atoms with van der Waals surface area (Å²) in [5.74, 6) is 0.742. The van der Waals surface area contributed by atoms with E-state index in [1.807, 2.05) is 6.20 Å². The van der Waals surface area contributed by atoms with E-state index in [1.54, 1.807) is 0 Å². The molecule has 13 heavy (non-hydrogen) atoms. The molecule has 0 aliphatic heterocycles. The molecule has 2 heteroatoms. The third-order valence-corrected chi connectivity index (χ3v) is 4.82. The van der Waals surface area contributed by atoms with Gasteiger partial charge >= 0.3 is 0 Å². The number of H-pyrrole nitrogens is 1. The van der Waals surface area contributed by atoms with Gasteiger partial charge in [-0.2, -0.15) is 5.10 Å². The molecule has 70 valence electrons. The van der Waals surface area contributed by atoms with Crippen molar-refractivity contribution in [1.29, 1.82) is 0 Å². The lowest BCUT2D eigenvalue weighted by Crippen LogP contribution is -2.31. The Morgan fingerprint density at radius 1 is 1.46 bits per heavy atom. The topological polar surface area (TPSA) is 28.7 Å². The fourth-order valence-electron chi connectivity index (χ4n) is 3.49. The van der Waals surface area contributed by atoms with Crippen LogP contribution in [0.2, 0.25) is 0 Å². The van der Waals surface area contributed by atoms with Gasteiger partial charge in [-0.25, -0.2) is 0 Å². The number of aromatic nitrogens is 2. The summed E-state index contributed by atoms with van der Waals surface area (Å²) in [6.07, 6.45) is 4.70. The van der Waals surface area contributed by atoms with Crippen molar-refractivity contribution in [3.63, 3.8) is 0 Å². The minimum atomic E-state index is 0.351. The normalized spacial score (nSPS) is 39.5. The average Bonchev–Trinajstić information content (AvgIpc) is 2.63. The molecule has 2 aliphatic carbocycles. The van der Waals surface area contributed by atoms with Crippen LogP contribution in [0.3, 0.4) is 0 Å². The molecule has 3 rings (SSSR count). The number of hydrogen-bond donors (Lipinski definition) is 1. The standard InChI is InChI=1S/C11H16N2/c1-10(2)8-4-5-11(10,3)9-7(8)6-12-13-9/h6,8H,4-5H2,1-3H3,(H,12,13). The van der Waals surface area contributed by atoms with E-state index >= 15 is 0 Å². The van der Waals surface area contributed by atoms with Gasteiger partial charge in [0.1, 0.15) is 0 Å². The van der Waals surface area contributed by atoms with Gasteiger partial charge in [-0.05, 0) is 29.7 Å². The van der Waals surface area contributed by atoms with Crippen molar-refractivity contribution in [2.45, 2.75) is 44.9 Å². The third kappa shape index (κ3) is 0.588. The Bertz CT molecular complexity index is 364. The first kappa shape index (κ1) is 7.60. The number of nitrogens with one attached hydrogen (secondary N) is 1. The summed E-state index contributed by atoms with van der Waals surface area (Å²) in [5, 5.41) is 7.37. The summed E-state index contributed by atoms with van der Waals surface area (Å²) in [7, 11) is 0. The van der Waals surface area contributed by atoms with E-state index in [0.29, 0.717) is 10.8 Å². The zero-order chi connectivity index (χ0) is 9.27. The fourth-order valence-corrected chi connectivity index (χ4v) is 3.49. The van der Waals surface area contributed by atoms with Crippen LogP contribution in [0.5, 0.6) is 0 Å². The number of nitrogens with zero attached hydrogens (tertiary/aromatic N) is 1. The molecule has 0 amide bonds. The van der Waals surface area contributed by atoms with Gasteiger partial charge in [-0.1, -0.05) is 20.8 Å². The Labute approximate surface area is 78.7 Å². The zero-order valence-corrected chi connectivity index (χ0v) is 8.52. The van der Waals surface area contributed by atoms with Crippen LogP contribution < -0.4 is 0 Å². The second-order valence-electron chi connectivity index (χ2n) is 5.35. The molecule has 0 spiro atoms. The van der Waals surface area contributed by atoms with Gasteiger partial charge in [-0.15, -0.1) is 0 Å². The molecule has 0 aromatic carbocycles. The number of fused-ring (bicyclic) bond motifs is 5. The minimum absolute atomic E-state index is 0.351. The van der Waals surface area contributed by atoms with Crippen molar-refractivity contribution in [2.24, 2.45) is 5.41 Å². The zero-order valence-electron chi connectivity index (χ0n) is 8.52. The Morgan fingerprint density at radius 3 is 2.92 bits per heavy atom. The maximum absolute atomic E-state index is 4.17. The third-order valence-electron chi connectivity index (χ3n) is 4.82. The van der Waals surface area contributed by atoms with E-state index in [0.717, 1.165) is 5.92 Å². The maximum atomic E-state index is 4.17. The SMILES string of the molecule is CC12CCC(c3cn[nH]c31)C2(C)C. The minimum Gasteiger partial charge on any atom is -0.282 e. The number of rotatable bonds is 0. The summed E-state index contributed by atoms with van der Waals surface area (Å²) in [6.45, 7) is 7.19. The lowest BCUT2D eigenvalue weighted by atomic mass is 9.70. The number of hydrogen-bond acceptors (Lipinski definition) is 1. The van der Waals surface area contributed by atoms with Gasteiger partial charge in [0.05, 0.1) is 6.20 Å². The molecule has 0 radical (unpaired) electrons. The van der Waals surface area contributed by atoms with Gasteiger partial charge < -0.3 is 0 Å². The summed E-state index contributed by atoms with van der Waals surface area (Å²) < 4.78 is 0. The van der Waals surface area contributed by atoms with Gasteiger partial charge in [0.25, 0.3) is 0 Å². The molecule has 1 fully saturated rings. The monoisotopic (exact) mass is 176 g/mol. The Hall–Kier alpha value is -0.790. The Balaban J connectivity index is 2.30. The van der Waals surface area contributed by atoms with Crippen LogP contribution in [0.1, 0.15) is 50.8 Å². The molecule has 1 saturated carbocycles. The highest BCUT2D eigenvalue weighted by molar-refractivity contribution is 5.43. The van der Waals surface area contributed by atoms with Crippen LogP contribution >= 0.6 is 0 Å². The van der Waals surface area contributed by atoms with Crippen molar-refractivity contribution >= 4 is 0 Å². The predicted octanol–water partition coefficient (Wildman–Crippen LogP) is 2.58. The van der Waals surface area contributed by atoms with E-state index in [2.05, 4.69) is 31.0 Å². The molecule has 2 nitrogen and oxygen atoms in total. The highest BCUT2D eigenvalue weighted by atomic mass is 15.1. The summed E-state index contributed by atoms with van der Waals surface area (Å²) >= 11 is 0. The van der Waals surface area contributed by atoms with E-state index in [9.17, 15) is 0 Å². The van der Waals surface area contributed by atoms with Crippen LogP contribution in [0.4, 0.5) is 0 Å². The van der Waals surface area contributed by atoms with Crippen molar-refractivity contribution < 1.29 is 0 Å². The smallest absolute Gasteiger partial charge is 0.0525 e. The van der Waals surface area contributed by atoms with E-state index < -0.39 is 0 Å². The van der Waals surface area contributed by atoms with Gasteiger partial charge in [0.15, 0.2) is 0 Å². The van der Waals surface area contributed by atoms with Crippen molar-refractivity contribution in [3.05, 3.63) is 17.5 Å². The molecular weight excluding hydrogens is 160 g/mol. The molecule has 1 N–H and O–H groups in total. The predicted molar refractivity (Wildman–Crippen MR) is 51.7 cm³/mol. The first-order valence-corrected chi connectivity index (χ1v) is 5.11. The summed E-state index contributed by atoms with van der Waals surface area (Å²) in [6, 6.07) is 0. The molecule has 1 heterocycles. The van der Waals surface area contributed by atoms with E-state index in [1.165, 1.54) is 24.1 Å². The lowest BCUT2D eigenvalue weighted by molar-refractivity contribution is 0.225. The maximum Gasteiger partial charge on any atom is 0.0525 e. The molecule has 0 saturated heterocycles. The molecule has 2 atom stereocenters. The van der Waals surface area contributed by atoms with Crippen molar-refractivity contribution in [3.8, 4) is 0 Å². The van der Waals surface area contributed by atoms with Crippen LogP contribution in [0.25, 0.3) is 0 Å². The van der Waals surface area contributed by atoms with Gasteiger partial charge in [0.2, 0.25) is 0 Å². The fraction of sp³-hybridized carbons (Fsp3) is 0.727. The first-order chi connectivity index (χ1) is 6.07. The highest BCUT2D eigenvalue weighted by Crippen LogP contribution is 2.66. The summed E-state index contributed by atoms with van der Waals surface area (Å²) in [4.78, 5) is 0. The van der Waals surface area contributed by atoms with Crippen LogP contribution in [0, 0.1) is 5.41 Å². The van der Waals surface area contributed by atoms with Crippen molar-refractivity contribution in [2.75, 3.05) is 0 Å². The largest absolute Gasteiger partial charge is 0.282 e. The summed E-state index contributed by atoms with van der Waals surface area (Å²) in [5.41, 5.74) is 3.67. The highest BCUT2D eigenvalue weighted by Gasteiger charge is 2.60. The first-order valence-electron chi connectivity index (χ1n) is 5.11. The lowest BCUT2D eigenvalue weighted by Gasteiger charge is -2.34. The quantitative estimate of drug-likeness (QED) is 0.646. The van der Waals surface area contributed by atoms with E-state index in [-0.39, 0.29) is 0 Å². The molecule has 2 aliphatic rings. The Kier molecular flexibility index (Phi) is 1.07. The van der Waals surface area contributed by atoms with Crippen LogP contribution in [0.15, 0.2) is 6.20 Å². The molecule has 1 aromatic rings. The van der Waals surface area contributed by atoms with Gasteiger partial charge in [0, 0.05) is 11.1 Å². The second-order valence-corrected chi connectivity index (χ2v) is 5.35. The van der Waals surface area contributed by atoms with Gasteiger partial charge in [-0.3, -0.25) is 5.10 Å². The molecule has 2 bridgehead atoms. The Morgan fingerprint density at radius 2 is 2.23 bits per heavy atom. The van der Waals surface area contributed by atoms with Crippen LogP contribution in [-0.4, -0.2) is 10.2 Å². The number of aromatic amines is 1. The van der Waals surface area contributed by atoms with Crippen molar-refractivity contribution in [1.82, 2.24) is 10.2 Å². The second kappa shape index (κ2) is 1.84. The average molecular weight is 176 g/mol. The van der Waals surface area contributed by atoms with Crippen LogP contribution in [-0.2, 0) is 5.41 Å². The molecule has 1 aromatic heterocycles. The molecular formula is C11H16N2.